The molecule has 0 rings (SSSR count). The van der Waals surface area contributed by atoms with Gasteiger partial charge in [0.2, 0.25) is 0 Å². The van der Waals surface area contributed by atoms with Crippen LogP contribution in [0, 0.1) is 94.7 Å². The Morgan fingerprint density at radius 2 is 1.18 bits per heavy atom. The summed E-state index contributed by atoms with van der Waals surface area (Å²) in [6, 6.07) is 0. The van der Waals surface area contributed by atoms with Gasteiger partial charge in [-0.15, -0.1) is 0 Å². The van der Waals surface area contributed by atoms with E-state index in [0.717, 1.165) is 32.4 Å². The van der Waals surface area contributed by atoms with Crippen molar-refractivity contribution in [3.63, 3.8) is 0 Å². The van der Waals surface area contributed by atoms with E-state index in [1.54, 1.807) is 6.92 Å². The summed E-state index contributed by atoms with van der Waals surface area (Å²) < 4.78 is 15.5. The highest BCUT2D eigenvalue weighted by atomic mass is 16.6. The third kappa shape index (κ3) is 25.5. The quantitative estimate of drug-likeness (QED) is 0.0738. The molecule has 5 N–H and O–H groups in total. The average Bonchev–Trinajstić information content (AvgIpc) is 3.01. The normalized spacial score (nSPS) is 8.82. The van der Waals surface area contributed by atoms with Crippen LogP contribution in [0.1, 0.15) is 39.5 Å². The lowest BCUT2D eigenvalue weighted by Gasteiger charge is -2.25. The van der Waals surface area contributed by atoms with Crippen LogP contribution in [-0.2, 0) is 23.8 Å². The molecule has 0 fully saturated rings. The molecule has 0 aliphatic carbocycles. The minimum Gasteiger partial charge on any atom is -0.462 e. The second kappa shape index (κ2) is 29.1. The number of hydrogen-bond acceptors (Lipinski definition) is 9. The number of ether oxygens (including phenoxy) is 3. The highest BCUT2D eigenvalue weighted by Crippen LogP contribution is 2.05. The van der Waals surface area contributed by atoms with Crippen molar-refractivity contribution in [2.45, 2.75) is 45.6 Å². The number of carbonyl (C=O) groups excluding carboxylic acids is 3. The first-order valence-corrected chi connectivity index (χ1v) is 13.7. The zero-order valence-corrected chi connectivity index (χ0v) is 25.1. The third-order valence-corrected chi connectivity index (χ3v) is 4.72. The summed E-state index contributed by atoms with van der Waals surface area (Å²) in [7, 11) is 0. The predicted molar refractivity (Wildman–Crippen MR) is 167 cm³/mol. The second-order valence-corrected chi connectivity index (χ2v) is 8.26. The molecule has 1 unspecified atom stereocenters. The number of carbonyl (C=O) groups is 3. The van der Waals surface area contributed by atoms with Crippen molar-refractivity contribution in [2.75, 3.05) is 52.5 Å². The summed E-state index contributed by atoms with van der Waals surface area (Å²) >= 11 is 0. The van der Waals surface area contributed by atoms with Crippen LogP contribution in [0.5, 0.6) is 0 Å². The molecule has 10 heteroatoms. The summed E-state index contributed by atoms with van der Waals surface area (Å²) in [4.78, 5) is 37.7. The summed E-state index contributed by atoms with van der Waals surface area (Å²) in [5.41, 5.74) is 11.1. The molecular weight excluding hydrogens is 560 g/mol. The number of nitrogens with two attached hydrogens (primary N) is 2. The zero-order valence-electron chi connectivity index (χ0n) is 25.1. The van der Waals surface area contributed by atoms with Crippen LogP contribution in [0.15, 0.2) is 0 Å². The van der Waals surface area contributed by atoms with Gasteiger partial charge in [-0.05, 0) is 142 Å². The van der Waals surface area contributed by atoms with E-state index in [0.29, 0.717) is 32.6 Å². The van der Waals surface area contributed by atoms with Crippen molar-refractivity contribution in [1.82, 2.24) is 10.2 Å². The van der Waals surface area contributed by atoms with E-state index in [4.69, 9.17) is 25.7 Å². The third-order valence-electron chi connectivity index (χ3n) is 4.72. The first-order valence-electron chi connectivity index (χ1n) is 13.7. The van der Waals surface area contributed by atoms with Gasteiger partial charge in [0.25, 0.3) is 0 Å². The fourth-order valence-electron chi connectivity index (χ4n) is 2.75. The molecule has 1 amide bonds. The highest BCUT2D eigenvalue weighted by molar-refractivity contribution is 5.89. The van der Waals surface area contributed by atoms with Crippen LogP contribution in [0.25, 0.3) is 0 Å². The Hall–Kier alpha value is -5.43. The van der Waals surface area contributed by atoms with E-state index in [1.807, 2.05) is 0 Å². The second-order valence-electron chi connectivity index (χ2n) is 8.26. The van der Waals surface area contributed by atoms with E-state index in [9.17, 15) is 14.4 Å². The van der Waals surface area contributed by atoms with Crippen molar-refractivity contribution in [3.8, 4) is 94.7 Å². The van der Waals surface area contributed by atoms with Gasteiger partial charge in [-0.25, -0.2) is 9.59 Å². The number of rotatable bonds is 16. The first kappa shape index (κ1) is 38.6. The summed E-state index contributed by atoms with van der Waals surface area (Å²) in [5.74, 6) is 37.7. The van der Waals surface area contributed by atoms with E-state index < -0.39 is 24.1 Å². The summed E-state index contributed by atoms with van der Waals surface area (Å²) in [6.07, 6.45) is 1.39. The summed E-state index contributed by atoms with van der Waals surface area (Å²) in [5, 5.41) is 3.29. The molecule has 0 aliphatic heterocycles. The molecule has 0 bridgehead atoms. The Morgan fingerprint density at radius 3 is 1.73 bits per heavy atom. The molecule has 0 heterocycles. The fraction of sp³-hybridized carbons (Fsp3) is 0.441. The molecule has 1 atom stereocenters. The molecular formula is C34H36N4O6. The van der Waals surface area contributed by atoms with Gasteiger partial charge < -0.3 is 35.9 Å². The molecule has 0 aliphatic rings. The average molecular weight is 597 g/mol. The van der Waals surface area contributed by atoms with Crippen LogP contribution < -0.4 is 16.8 Å². The molecule has 0 spiro atoms. The van der Waals surface area contributed by atoms with Gasteiger partial charge in [0.1, 0.15) is 13.2 Å². The number of unbranched alkanes of at least 4 members (excludes halogenated alkanes) is 1. The Balaban J connectivity index is 4.94. The minimum absolute atomic E-state index is 0.298. The van der Waals surface area contributed by atoms with Gasteiger partial charge in [0.05, 0.1) is 0 Å². The standard InChI is InChI=1S/C34H36N4O6/c1-3-4-5-6-7-8-9-10-11-12-13-14-15-16-17-22-33(40)43-30-32(29-42-31(2)39)44-34(41)38(28-21-24-36)27-19-18-25-37-26-20-23-35/h32,37H,18-21,23-30,35-36H2,1-2H3. The lowest BCUT2D eigenvalue weighted by atomic mass is 10.2. The Kier molecular flexibility index (Phi) is 25.5. The minimum atomic E-state index is -1.04. The maximum absolute atomic E-state index is 12.8. The van der Waals surface area contributed by atoms with Crippen LogP contribution in [0.3, 0.4) is 0 Å². The number of nitrogens with zero attached hydrogens (tertiary/aromatic N) is 1. The van der Waals surface area contributed by atoms with Gasteiger partial charge in [0, 0.05) is 25.9 Å². The van der Waals surface area contributed by atoms with Crippen LogP contribution in [0.4, 0.5) is 4.79 Å². The van der Waals surface area contributed by atoms with E-state index >= 15 is 0 Å². The Bertz CT molecular complexity index is 1440. The number of hydrogen-bond donors (Lipinski definition) is 3. The van der Waals surface area contributed by atoms with E-state index in [-0.39, 0.29) is 13.2 Å². The van der Waals surface area contributed by atoms with E-state index in [1.165, 1.54) is 11.8 Å². The SMILES string of the molecule is CC#CC#CC#CC#CC#CC#CC#CC#CC(=O)OCC(COC(C)=O)OC(=O)N(CCCN)CCCCNCCCN. The molecule has 0 saturated carbocycles. The molecule has 10 nitrogen and oxygen atoms in total. The van der Waals surface area contributed by atoms with Gasteiger partial charge in [-0.1, -0.05) is 5.92 Å². The molecule has 0 aromatic rings. The molecule has 0 aromatic heterocycles. The van der Waals surface area contributed by atoms with Gasteiger partial charge in [0.15, 0.2) is 6.10 Å². The zero-order chi connectivity index (χ0) is 32.5. The van der Waals surface area contributed by atoms with Gasteiger partial charge in [-0.3, -0.25) is 4.79 Å². The first-order chi connectivity index (χ1) is 21.4. The van der Waals surface area contributed by atoms with Crippen molar-refractivity contribution in [3.05, 3.63) is 0 Å². The van der Waals surface area contributed by atoms with Crippen molar-refractivity contribution in [1.29, 1.82) is 0 Å². The lowest BCUT2D eigenvalue weighted by molar-refractivity contribution is -0.148. The monoisotopic (exact) mass is 596 g/mol. The number of esters is 2. The van der Waals surface area contributed by atoms with Crippen molar-refractivity contribution < 1.29 is 28.6 Å². The molecule has 44 heavy (non-hydrogen) atoms. The van der Waals surface area contributed by atoms with Crippen LogP contribution >= 0.6 is 0 Å². The maximum atomic E-state index is 12.8. The van der Waals surface area contributed by atoms with E-state index in [2.05, 4.69) is 100 Å². The summed E-state index contributed by atoms with van der Waals surface area (Å²) in [6.45, 7) is 5.71. The number of amides is 1. The fourth-order valence-corrected chi connectivity index (χ4v) is 2.75. The topological polar surface area (TPSA) is 146 Å². The number of nitrogens with one attached hydrogen (secondary N) is 1. The Morgan fingerprint density at radius 1 is 0.682 bits per heavy atom. The van der Waals surface area contributed by atoms with Crippen molar-refractivity contribution in [2.24, 2.45) is 11.5 Å². The Labute approximate surface area is 261 Å². The van der Waals surface area contributed by atoms with Gasteiger partial charge in [-0.2, -0.15) is 0 Å². The van der Waals surface area contributed by atoms with Crippen LogP contribution in [-0.4, -0.2) is 81.5 Å². The van der Waals surface area contributed by atoms with Crippen LogP contribution in [0.2, 0.25) is 0 Å². The largest absolute Gasteiger partial charge is 0.462 e. The predicted octanol–water partition coefficient (Wildman–Crippen LogP) is 0.0144. The van der Waals surface area contributed by atoms with Gasteiger partial charge >= 0.3 is 18.0 Å². The van der Waals surface area contributed by atoms with Crippen molar-refractivity contribution >= 4 is 18.0 Å². The lowest BCUT2D eigenvalue weighted by Crippen LogP contribution is -2.39. The molecule has 0 aromatic carbocycles. The highest BCUT2D eigenvalue weighted by Gasteiger charge is 2.22. The smallest absolute Gasteiger partial charge is 0.410 e. The molecule has 228 valence electrons. The molecule has 0 radical (unpaired) electrons. The molecule has 0 saturated heterocycles. The maximum Gasteiger partial charge on any atom is 0.410 e.